The highest BCUT2D eigenvalue weighted by atomic mass is 32.2. The van der Waals surface area contributed by atoms with Gasteiger partial charge >= 0.3 is 46.9 Å². The summed E-state index contributed by atoms with van der Waals surface area (Å²) >= 11 is 0. The largest absolute Gasteiger partial charge is 0.743 e. The Balaban J connectivity index is 0. The molecular formula is C22H19F19N2O6S2. The Morgan fingerprint density at radius 1 is 0.549 bits per heavy atom. The zero-order valence-corrected chi connectivity index (χ0v) is 26.3. The van der Waals surface area contributed by atoms with E-state index in [9.17, 15) is 109 Å². The Morgan fingerprint density at radius 2 is 0.863 bits per heavy atom. The molecule has 0 fully saturated rings. The quantitative estimate of drug-likeness (QED) is 0.190. The molecule has 2 aromatic heterocycles. The summed E-state index contributed by atoms with van der Waals surface area (Å²) in [4.78, 5) is 0. The van der Waals surface area contributed by atoms with E-state index in [1.165, 1.54) is 18.6 Å². The smallest absolute Gasteiger partial charge is 0.561 e. The van der Waals surface area contributed by atoms with Crippen molar-refractivity contribution in [1.82, 2.24) is 0 Å². The van der Waals surface area contributed by atoms with Gasteiger partial charge in [0.15, 0.2) is 45.0 Å². The summed E-state index contributed by atoms with van der Waals surface area (Å²) in [7, 11) is -14.2. The summed E-state index contributed by atoms with van der Waals surface area (Å²) in [5.74, 6) is -13.8. The van der Waals surface area contributed by atoms with Crippen LogP contribution in [0.1, 0.15) is 18.1 Å². The van der Waals surface area contributed by atoms with Crippen molar-refractivity contribution in [2.45, 2.75) is 74.2 Å². The number of aryl methyl sites for hydroxylation is 3. The fourth-order valence-electron chi connectivity index (χ4n) is 2.41. The van der Waals surface area contributed by atoms with Crippen LogP contribution >= 0.6 is 0 Å². The molecule has 0 bridgehead atoms. The fourth-order valence-corrected chi connectivity index (χ4v) is 3.27. The van der Waals surface area contributed by atoms with E-state index in [0.717, 1.165) is 18.8 Å². The molecule has 0 aliphatic heterocycles. The first-order valence-corrected chi connectivity index (χ1v) is 14.8. The molecule has 0 atom stereocenters. The Hall–Kier alpha value is -3.21. The molecule has 8 nitrogen and oxygen atoms in total. The third-order valence-electron chi connectivity index (χ3n) is 5.06. The van der Waals surface area contributed by atoms with E-state index in [1.54, 1.807) is 0 Å². The van der Waals surface area contributed by atoms with Gasteiger partial charge in [-0.1, -0.05) is 0 Å². The lowest BCUT2D eigenvalue weighted by Gasteiger charge is -2.29. The predicted octanol–water partition coefficient (Wildman–Crippen LogP) is 6.34. The van der Waals surface area contributed by atoms with Gasteiger partial charge < -0.3 is 9.11 Å². The Bertz CT molecular complexity index is 1590. The van der Waals surface area contributed by atoms with Crippen molar-refractivity contribution in [1.29, 1.82) is 0 Å². The lowest BCUT2D eigenvalue weighted by atomic mass is 10.3. The highest BCUT2D eigenvalue weighted by molar-refractivity contribution is 7.87. The topological polar surface area (TPSA) is 122 Å². The summed E-state index contributed by atoms with van der Waals surface area (Å²) in [6.07, 6.45) is -13.6. The molecule has 51 heavy (non-hydrogen) atoms. The molecule has 2 heterocycles. The van der Waals surface area contributed by atoms with Crippen molar-refractivity contribution in [3.63, 3.8) is 0 Å². The minimum atomic E-state index is -7.10. The number of hydrogen-bond acceptors (Lipinski definition) is 6. The molecule has 298 valence electrons. The van der Waals surface area contributed by atoms with Gasteiger partial charge in [-0.15, -0.1) is 13.3 Å². The maximum atomic E-state index is 12.7. The summed E-state index contributed by atoms with van der Waals surface area (Å²) in [5, 5.41) is -13.4. The minimum Gasteiger partial charge on any atom is -0.743 e. The summed E-state index contributed by atoms with van der Waals surface area (Å²) in [6.45, 7) is 6.73. The molecular weight excluding hydrogens is 813 g/mol. The number of nitrogens with zero attached hydrogens (tertiary/aromatic N) is 2. The van der Waals surface area contributed by atoms with Crippen molar-refractivity contribution in [2.24, 2.45) is 0 Å². The number of halogens is 19. The van der Waals surface area contributed by atoms with Crippen molar-refractivity contribution in [3.05, 3.63) is 60.2 Å². The van der Waals surface area contributed by atoms with Crippen LogP contribution < -0.4 is 9.13 Å². The minimum absolute atomic E-state index is 0.150. The molecule has 29 heteroatoms. The highest BCUT2D eigenvalue weighted by Crippen LogP contribution is 2.49. The van der Waals surface area contributed by atoms with Crippen LogP contribution in [0, 0.1) is 13.8 Å². The number of rotatable bonds is 6. The van der Waals surface area contributed by atoms with Crippen LogP contribution in [0.5, 0.6) is 0 Å². The monoisotopic (exact) mass is 832 g/mol. The van der Waals surface area contributed by atoms with E-state index in [4.69, 9.17) is 0 Å². The maximum absolute atomic E-state index is 12.7. The average Bonchev–Trinajstić information content (AvgIpc) is 2.91. The Morgan fingerprint density at radius 3 is 1.06 bits per heavy atom. The second-order valence-electron chi connectivity index (χ2n) is 9.13. The maximum Gasteiger partial charge on any atom is 0.561 e. The van der Waals surface area contributed by atoms with Gasteiger partial charge in [0.25, 0.3) is 0 Å². The van der Waals surface area contributed by atoms with E-state index in [2.05, 4.69) is 42.9 Å². The van der Waals surface area contributed by atoms with E-state index >= 15 is 0 Å². The van der Waals surface area contributed by atoms with Crippen molar-refractivity contribution in [2.75, 3.05) is 0 Å². The summed E-state index contributed by atoms with van der Waals surface area (Å²) < 4.78 is 281. The zero-order valence-electron chi connectivity index (χ0n) is 24.7. The number of alkyl halides is 19. The van der Waals surface area contributed by atoms with Gasteiger partial charge in [0.2, 0.25) is 0 Å². The molecule has 0 N–H and O–H groups in total. The SMILES string of the molecule is CC[n+]1cccc(C)c1.Cc1ccc[n+](C(F)(F)C(F)(F)F)c1.O=S(=O)([O-])C(F)(F)C(F)(F)C(F)(F)F.O=S(=O)([O-])C(F)(F)C(F)(F)C(F)(F)F. The molecule has 0 spiro atoms. The summed E-state index contributed by atoms with van der Waals surface area (Å²) in [5.41, 5.74) is 1.65. The van der Waals surface area contributed by atoms with Gasteiger partial charge in [0, 0.05) is 23.3 Å². The third-order valence-corrected chi connectivity index (χ3v) is 6.82. The van der Waals surface area contributed by atoms with Crippen LogP contribution in [0.2, 0.25) is 0 Å². The van der Waals surface area contributed by atoms with Crippen LogP contribution in [0.25, 0.3) is 0 Å². The van der Waals surface area contributed by atoms with E-state index in [1.807, 2.05) is 0 Å². The number of pyridine rings is 2. The second kappa shape index (κ2) is 16.2. The number of aromatic nitrogens is 2. The lowest BCUT2D eigenvalue weighted by molar-refractivity contribution is -0.851. The van der Waals surface area contributed by atoms with Crippen LogP contribution in [0.3, 0.4) is 0 Å². The van der Waals surface area contributed by atoms with Crippen molar-refractivity contribution < 1.29 is 118 Å². The predicted molar refractivity (Wildman–Crippen MR) is 126 cm³/mol. The fraction of sp³-hybridized carbons (Fsp3) is 0.545. The first-order chi connectivity index (χ1) is 22.1. The van der Waals surface area contributed by atoms with Crippen molar-refractivity contribution in [3.8, 4) is 0 Å². The molecule has 0 aliphatic rings. The molecule has 0 aromatic carbocycles. The van der Waals surface area contributed by atoms with Crippen LogP contribution in [-0.2, 0) is 32.8 Å². The third kappa shape index (κ3) is 12.2. The van der Waals surface area contributed by atoms with E-state index in [0.29, 0.717) is 11.8 Å². The van der Waals surface area contributed by atoms with Gasteiger partial charge in [0.1, 0.15) is 6.54 Å². The first kappa shape index (κ1) is 49.9. The first-order valence-electron chi connectivity index (χ1n) is 12.0. The normalized spacial score (nSPS) is 13.9. The Labute approximate surface area is 273 Å². The number of hydrogen-bond donors (Lipinski definition) is 0. The standard InChI is InChI=1S/C8H7F5N.C8H12N.2C3HF7O3S/c1-6-3-2-4-14(5-6)8(12,13)7(9,10)11;1-3-9-6-4-5-8(2)7-9;2*4-1(5,2(6,7)8)3(9,10)14(11,12)13/h2-5H,1H3;4-7H,3H2,1-2H3;2*(H,11,12,13)/q2*+1;;/p-2. The van der Waals surface area contributed by atoms with E-state index in [-0.39, 0.29) is 4.57 Å². The highest BCUT2D eigenvalue weighted by Gasteiger charge is 2.77. The molecule has 0 unspecified atom stereocenters. The molecule has 0 radical (unpaired) electrons. The van der Waals surface area contributed by atoms with Crippen molar-refractivity contribution >= 4 is 20.2 Å². The Kier molecular flexibility index (Phi) is 15.9. The van der Waals surface area contributed by atoms with Gasteiger partial charge in [0.05, 0.1) is 0 Å². The lowest BCUT2D eigenvalue weighted by Crippen LogP contribution is -2.58. The molecule has 0 saturated carbocycles. The van der Waals surface area contributed by atoms with Crippen LogP contribution in [0.4, 0.5) is 83.4 Å². The molecule has 0 aliphatic carbocycles. The van der Waals surface area contributed by atoms with Gasteiger partial charge in [-0.3, -0.25) is 0 Å². The molecule has 2 aromatic rings. The average molecular weight is 832 g/mol. The van der Waals surface area contributed by atoms with Crippen LogP contribution in [0.15, 0.2) is 49.1 Å². The second-order valence-corrected chi connectivity index (χ2v) is 12.0. The molecule has 0 saturated heterocycles. The van der Waals surface area contributed by atoms with Gasteiger partial charge in [-0.05, 0) is 32.9 Å². The van der Waals surface area contributed by atoms with Gasteiger partial charge in [-0.2, -0.15) is 74.6 Å². The summed E-state index contributed by atoms with van der Waals surface area (Å²) in [6, 6.07) is 1.88. The molecule has 0 amide bonds. The van der Waals surface area contributed by atoms with Crippen LogP contribution in [-0.4, -0.2) is 66.8 Å². The van der Waals surface area contributed by atoms with E-state index < -0.39 is 67.2 Å². The van der Waals surface area contributed by atoms with Gasteiger partial charge in [-0.25, -0.2) is 21.4 Å². The molecule has 2 rings (SSSR count). The zero-order chi connectivity index (χ0) is 41.7.